The summed E-state index contributed by atoms with van der Waals surface area (Å²) >= 11 is 0. The number of aromatic nitrogens is 1. The third-order valence-corrected chi connectivity index (χ3v) is 7.38. The quantitative estimate of drug-likeness (QED) is 0.524. The molecular weight excluding hydrogens is 481 g/mol. The number of piperidine rings is 1. The molecule has 1 aromatic heterocycles. The van der Waals surface area contributed by atoms with E-state index in [-0.39, 0.29) is 40.3 Å². The molecule has 1 aliphatic rings. The zero-order valence-electron chi connectivity index (χ0n) is 19.7. The first-order valence-electron chi connectivity index (χ1n) is 11.5. The van der Waals surface area contributed by atoms with E-state index in [1.807, 2.05) is 6.07 Å². The van der Waals surface area contributed by atoms with E-state index in [1.165, 1.54) is 18.3 Å². The van der Waals surface area contributed by atoms with Crippen LogP contribution in [-0.4, -0.2) is 37.3 Å². The van der Waals surface area contributed by atoms with E-state index in [0.29, 0.717) is 24.3 Å². The van der Waals surface area contributed by atoms with Crippen LogP contribution in [0.25, 0.3) is 0 Å². The Morgan fingerprint density at radius 3 is 2.56 bits per heavy atom. The van der Waals surface area contributed by atoms with Gasteiger partial charge < -0.3 is 10.2 Å². The van der Waals surface area contributed by atoms with Crippen molar-refractivity contribution < 1.29 is 17.6 Å². The maximum absolute atomic E-state index is 13.5. The summed E-state index contributed by atoms with van der Waals surface area (Å²) in [5, 5.41) is 17.4. The van der Waals surface area contributed by atoms with E-state index in [0.717, 1.165) is 24.0 Å². The normalized spacial score (nSPS) is 14.3. The Morgan fingerprint density at radius 2 is 1.92 bits per heavy atom. The number of nitrogens with zero attached hydrogens (tertiary/aromatic N) is 3. The lowest BCUT2D eigenvalue weighted by Gasteiger charge is -2.33. The van der Waals surface area contributed by atoms with E-state index >= 15 is 0 Å². The maximum Gasteiger partial charge on any atom is 0.257 e. The Labute approximate surface area is 209 Å². The summed E-state index contributed by atoms with van der Waals surface area (Å²) in [6.45, 7) is 2.82. The fraction of sp³-hybridized carbons (Fsp3) is 0.269. The average molecular weight is 508 g/mol. The summed E-state index contributed by atoms with van der Waals surface area (Å²) in [7, 11) is -4.10. The van der Waals surface area contributed by atoms with Crippen molar-refractivity contribution in [2.24, 2.45) is 5.14 Å². The van der Waals surface area contributed by atoms with Gasteiger partial charge in [0.2, 0.25) is 0 Å². The summed E-state index contributed by atoms with van der Waals surface area (Å²) in [5.41, 5.74) is 3.16. The van der Waals surface area contributed by atoms with Gasteiger partial charge in [-0.2, -0.15) is 5.26 Å². The number of carbonyl (C=O) groups excluding carboxylic acids is 1. The molecule has 186 valence electrons. The minimum absolute atomic E-state index is 0.226. The van der Waals surface area contributed by atoms with Gasteiger partial charge in [0, 0.05) is 31.4 Å². The molecule has 3 N–H and O–H groups in total. The molecule has 0 radical (unpaired) electrons. The number of hydrogen-bond donors (Lipinski definition) is 2. The Hall–Kier alpha value is -3.81. The van der Waals surface area contributed by atoms with Crippen molar-refractivity contribution in [2.45, 2.75) is 37.3 Å². The number of nitrogens with one attached hydrogen (secondary N) is 1. The molecule has 3 aromatic rings. The van der Waals surface area contributed by atoms with Crippen LogP contribution in [0, 0.1) is 24.1 Å². The lowest BCUT2D eigenvalue weighted by Crippen LogP contribution is -2.38. The summed E-state index contributed by atoms with van der Waals surface area (Å²) < 4.78 is 37.4. The highest BCUT2D eigenvalue weighted by molar-refractivity contribution is 7.89. The van der Waals surface area contributed by atoms with Crippen molar-refractivity contribution in [2.75, 3.05) is 18.4 Å². The number of rotatable bonds is 6. The lowest BCUT2D eigenvalue weighted by molar-refractivity contribution is 0.0713. The van der Waals surface area contributed by atoms with Gasteiger partial charge in [0.15, 0.2) is 5.03 Å². The molecule has 4 rings (SSSR count). The average Bonchev–Trinajstić information content (AvgIpc) is 2.87. The molecule has 2 aromatic carbocycles. The van der Waals surface area contributed by atoms with Gasteiger partial charge in [-0.1, -0.05) is 24.3 Å². The molecule has 1 amide bonds. The van der Waals surface area contributed by atoms with E-state index < -0.39 is 10.0 Å². The zero-order valence-corrected chi connectivity index (χ0v) is 20.6. The SMILES string of the molecule is Cc1c(S(N)(=O)=O)ncc(C(=O)N2CCC(c3ccc(F)cc3)CC2)c1NCc1cccc(C#N)c1. The van der Waals surface area contributed by atoms with Crippen LogP contribution in [0.3, 0.4) is 0 Å². The fourth-order valence-electron chi connectivity index (χ4n) is 4.53. The molecule has 0 aliphatic carbocycles. The molecule has 0 saturated carbocycles. The Bertz CT molecular complexity index is 1430. The monoisotopic (exact) mass is 507 g/mol. The van der Waals surface area contributed by atoms with E-state index in [2.05, 4.69) is 16.4 Å². The third-order valence-electron chi connectivity index (χ3n) is 6.42. The van der Waals surface area contributed by atoms with E-state index in [9.17, 15) is 17.6 Å². The first kappa shape index (κ1) is 25.3. The van der Waals surface area contributed by atoms with Gasteiger partial charge in [-0.15, -0.1) is 0 Å². The topological polar surface area (TPSA) is 129 Å². The van der Waals surface area contributed by atoms with Crippen molar-refractivity contribution in [3.8, 4) is 6.07 Å². The van der Waals surface area contributed by atoms with Crippen LogP contribution in [0.5, 0.6) is 0 Å². The van der Waals surface area contributed by atoms with Crippen LogP contribution in [0.15, 0.2) is 59.8 Å². The number of sulfonamides is 1. The number of pyridine rings is 1. The Kier molecular flexibility index (Phi) is 7.33. The number of likely N-dealkylation sites (tertiary alicyclic amines) is 1. The van der Waals surface area contributed by atoms with Gasteiger partial charge in [0.1, 0.15) is 5.82 Å². The van der Waals surface area contributed by atoms with Gasteiger partial charge in [-0.3, -0.25) is 4.79 Å². The number of hydrogen-bond acceptors (Lipinski definition) is 6. The number of primary sulfonamides is 1. The molecule has 36 heavy (non-hydrogen) atoms. The second kappa shape index (κ2) is 10.4. The number of halogens is 1. The van der Waals surface area contributed by atoms with Crippen LogP contribution in [0.1, 0.15) is 51.4 Å². The van der Waals surface area contributed by atoms with Gasteiger partial charge in [-0.25, -0.2) is 22.9 Å². The molecule has 1 fully saturated rings. The summed E-state index contributed by atoms with van der Waals surface area (Å²) in [4.78, 5) is 19.2. The second-order valence-corrected chi connectivity index (χ2v) is 10.3. The second-order valence-electron chi connectivity index (χ2n) is 8.81. The summed E-state index contributed by atoms with van der Waals surface area (Å²) in [5.74, 6) is -0.321. The predicted octanol–water partition coefficient (Wildman–Crippen LogP) is 3.68. The lowest BCUT2D eigenvalue weighted by atomic mass is 9.89. The van der Waals surface area contributed by atoms with Crippen molar-refractivity contribution in [3.63, 3.8) is 0 Å². The molecule has 0 bridgehead atoms. The number of carbonyl (C=O) groups is 1. The van der Waals surface area contributed by atoms with Gasteiger partial charge >= 0.3 is 0 Å². The van der Waals surface area contributed by atoms with Crippen LogP contribution in [-0.2, 0) is 16.6 Å². The molecular formula is C26H26FN5O3S. The first-order valence-corrected chi connectivity index (χ1v) is 13.0. The van der Waals surface area contributed by atoms with Crippen molar-refractivity contribution in [3.05, 3.63) is 88.4 Å². The minimum Gasteiger partial charge on any atom is -0.380 e. The summed E-state index contributed by atoms with van der Waals surface area (Å²) in [6.07, 6.45) is 2.70. The highest BCUT2D eigenvalue weighted by atomic mass is 32.2. The smallest absolute Gasteiger partial charge is 0.257 e. The standard InChI is InChI=1S/C26H26FN5O3S/c1-17-24(30-15-19-4-2-3-18(13-19)14-28)23(16-31-25(17)36(29,34)35)26(33)32-11-9-21(10-12-32)20-5-7-22(27)8-6-20/h2-8,13,16,21H,9-12,15H2,1H3,(H,30,31)(H2,29,34,35). The van der Waals surface area contributed by atoms with Crippen LogP contribution in [0.4, 0.5) is 10.1 Å². The van der Waals surface area contributed by atoms with Crippen molar-refractivity contribution >= 4 is 21.6 Å². The zero-order chi connectivity index (χ0) is 25.9. The maximum atomic E-state index is 13.5. The molecule has 1 saturated heterocycles. The number of benzene rings is 2. The predicted molar refractivity (Wildman–Crippen MR) is 133 cm³/mol. The highest BCUT2D eigenvalue weighted by Gasteiger charge is 2.28. The summed E-state index contributed by atoms with van der Waals surface area (Å²) in [6, 6.07) is 15.5. The highest BCUT2D eigenvalue weighted by Crippen LogP contribution is 2.31. The number of amides is 1. The molecule has 2 heterocycles. The minimum atomic E-state index is -4.10. The molecule has 0 atom stereocenters. The van der Waals surface area contributed by atoms with Gasteiger partial charge in [0.25, 0.3) is 15.9 Å². The number of nitrogens with two attached hydrogens (primary N) is 1. The molecule has 0 unspecified atom stereocenters. The van der Waals surface area contributed by atoms with Crippen molar-refractivity contribution in [1.29, 1.82) is 5.26 Å². The number of nitriles is 1. The Balaban J connectivity index is 1.58. The first-order chi connectivity index (χ1) is 17.2. The van der Waals surface area contributed by atoms with Crippen LogP contribution in [0.2, 0.25) is 0 Å². The number of anilines is 1. The molecule has 10 heteroatoms. The van der Waals surface area contributed by atoms with E-state index in [4.69, 9.17) is 10.4 Å². The van der Waals surface area contributed by atoms with Gasteiger partial charge in [0.05, 0.1) is 22.9 Å². The van der Waals surface area contributed by atoms with Crippen molar-refractivity contribution in [1.82, 2.24) is 9.88 Å². The molecule has 1 aliphatic heterocycles. The fourth-order valence-corrected chi connectivity index (χ4v) is 5.26. The van der Waals surface area contributed by atoms with Crippen LogP contribution >= 0.6 is 0 Å². The third kappa shape index (κ3) is 5.53. The van der Waals surface area contributed by atoms with Gasteiger partial charge in [-0.05, 0) is 61.1 Å². The van der Waals surface area contributed by atoms with Crippen LogP contribution < -0.4 is 10.5 Å². The molecule has 8 nitrogen and oxygen atoms in total. The molecule has 0 spiro atoms. The van der Waals surface area contributed by atoms with E-state index in [1.54, 1.807) is 42.2 Å². The largest absolute Gasteiger partial charge is 0.380 e. The Morgan fingerprint density at radius 1 is 1.22 bits per heavy atom.